The lowest BCUT2D eigenvalue weighted by Gasteiger charge is -2.25. The number of nitrogens with one attached hydrogen (secondary N) is 5. The van der Waals surface area contributed by atoms with Crippen molar-refractivity contribution in [2.45, 2.75) is 91.9 Å². The lowest BCUT2D eigenvalue weighted by molar-refractivity contribution is -0.137. The maximum Gasteiger partial charge on any atom is 0.345 e. The summed E-state index contributed by atoms with van der Waals surface area (Å²) in [4.78, 5) is 91.0. The third kappa shape index (κ3) is 10.8. The van der Waals surface area contributed by atoms with E-state index in [4.69, 9.17) is 0 Å². The van der Waals surface area contributed by atoms with Crippen LogP contribution in [0, 0.1) is 19.8 Å². The lowest BCUT2D eigenvalue weighted by atomic mass is 10.0. The largest absolute Gasteiger partial charge is 0.354 e. The number of aryl methyl sites for hydroxylation is 2. The molecule has 0 fully saturated rings. The topological polar surface area (TPSA) is 213 Å². The molecule has 1 aliphatic heterocycles. The van der Waals surface area contributed by atoms with Crippen LogP contribution in [-0.4, -0.2) is 90.9 Å². The van der Waals surface area contributed by atoms with E-state index in [1.807, 2.05) is 44.2 Å². The summed E-state index contributed by atoms with van der Waals surface area (Å²) in [6.07, 6.45) is 0.980. The summed E-state index contributed by atoms with van der Waals surface area (Å²) >= 11 is 0. The van der Waals surface area contributed by atoms with E-state index in [-0.39, 0.29) is 56.8 Å². The smallest absolute Gasteiger partial charge is 0.345 e. The molecule has 0 saturated heterocycles. The highest BCUT2D eigenvalue weighted by atomic mass is 16.2. The van der Waals surface area contributed by atoms with Gasteiger partial charge in [-0.2, -0.15) is 10.1 Å². The zero-order valence-electron chi connectivity index (χ0n) is 30.0. The van der Waals surface area contributed by atoms with Crippen molar-refractivity contribution in [2.24, 2.45) is 5.92 Å². The van der Waals surface area contributed by atoms with E-state index in [2.05, 4.69) is 41.3 Å². The van der Waals surface area contributed by atoms with E-state index in [0.717, 1.165) is 11.1 Å². The molecule has 0 unspecified atom stereocenters. The minimum Gasteiger partial charge on any atom is -0.354 e. The monoisotopic (exact) mass is 704 g/mol. The minimum atomic E-state index is -1.01. The molecule has 0 spiro atoms. The van der Waals surface area contributed by atoms with E-state index in [9.17, 15) is 28.8 Å². The number of hydrogen-bond donors (Lipinski definition) is 5. The van der Waals surface area contributed by atoms with Crippen molar-refractivity contribution < 1.29 is 24.0 Å². The Morgan fingerprint density at radius 2 is 1.63 bits per heavy atom. The first kappa shape index (κ1) is 38.4. The minimum absolute atomic E-state index is 0.0358. The number of H-pyrrole nitrogens is 1. The van der Waals surface area contributed by atoms with E-state index >= 15 is 0 Å². The van der Waals surface area contributed by atoms with E-state index < -0.39 is 41.5 Å². The van der Waals surface area contributed by atoms with Gasteiger partial charge in [0.25, 0.3) is 0 Å². The molecular weight excluding hydrogens is 656 g/mol. The molecule has 4 rings (SSSR count). The fourth-order valence-electron chi connectivity index (χ4n) is 5.90. The van der Waals surface area contributed by atoms with Crippen LogP contribution < -0.4 is 27.0 Å². The van der Waals surface area contributed by atoms with Gasteiger partial charge >= 0.3 is 5.69 Å². The number of aromatic amines is 1. The number of hydrogen-bond acceptors (Lipinski definition) is 9. The van der Waals surface area contributed by atoms with Crippen LogP contribution in [0.4, 0.5) is 0 Å². The maximum absolute atomic E-state index is 13.6. The Hall–Kier alpha value is -5.41. The number of carbonyl (C=O) groups excluding carboxylic acids is 5. The average Bonchev–Trinajstić information content (AvgIpc) is 3.48. The normalized spacial score (nSPS) is 19.9. The van der Waals surface area contributed by atoms with Crippen LogP contribution in [0.25, 0.3) is 11.4 Å². The van der Waals surface area contributed by atoms with Gasteiger partial charge in [0.05, 0.1) is 12.6 Å². The fourth-order valence-corrected chi connectivity index (χ4v) is 5.90. The van der Waals surface area contributed by atoms with Crippen LogP contribution >= 0.6 is 0 Å². The summed E-state index contributed by atoms with van der Waals surface area (Å²) in [5, 5.41) is 15.8. The van der Waals surface area contributed by atoms with E-state index in [0.29, 0.717) is 35.9 Å². The third-order valence-electron chi connectivity index (χ3n) is 8.54. The SMILES string of the molecule is Cc1nc(=O)[nH]c(C)c1CCC(=O)N1CCCNC(=O)Cn2nc(-c3ccccc3)nc2[C@H](C)NC(=O)[C@@H](CC(C)C)NC(=O)[C@@H](C)NC(=O)C1. The number of fused-ring (bicyclic) bond motifs is 1. The molecule has 3 heterocycles. The molecule has 2 aromatic heterocycles. The molecule has 1 aliphatic rings. The van der Waals surface area contributed by atoms with Gasteiger partial charge < -0.3 is 31.2 Å². The summed E-state index contributed by atoms with van der Waals surface area (Å²) in [6.45, 7) is 10.3. The maximum atomic E-state index is 13.6. The van der Waals surface area contributed by atoms with Gasteiger partial charge in [-0.05, 0) is 58.4 Å². The van der Waals surface area contributed by atoms with Gasteiger partial charge in [-0.1, -0.05) is 44.2 Å². The first-order valence-electron chi connectivity index (χ1n) is 17.2. The number of benzene rings is 1. The quantitative estimate of drug-likeness (QED) is 0.246. The standard InChI is InChI=1S/C35H48N10O6/c1-20(2)17-27-34(50)38-23(5)32-42-31(25-11-8-7-9-12-25)43-45(32)19-28(46)36-15-10-16-44(18-29(47)37-24(6)33(49)41-27)30(48)14-13-26-21(3)39-35(51)40-22(26)4/h7-9,11-12,20,23-24,27H,10,13-19H2,1-6H3,(H,36,46)(H,37,47)(H,38,50)(H,41,49)(H,39,40,51)/t23-,24+,27+/m0/s1. The Bertz CT molecular complexity index is 1760. The van der Waals surface area contributed by atoms with E-state index in [1.54, 1.807) is 20.8 Å². The molecule has 3 atom stereocenters. The van der Waals surface area contributed by atoms with Crippen LogP contribution in [0.1, 0.15) is 75.8 Å². The van der Waals surface area contributed by atoms with Crippen LogP contribution in [-0.2, 0) is 36.9 Å². The van der Waals surface area contributed by atoms with Gasteiger partial charge in [0, 0.05) is 36.5 Å². The number of amides is 5. The molecule has 1 aromatic carbocycles. The van der Waals surface area contributed by atoms with Crippen molar-refractivity contribution in [2.75, 3.05) is 19.6 Å². The van der Waals surface area contributed by atoms with E-state index in [1.165, 1.54) is 16.5 Å². The second-order valence-electron chi connectivity index (χ2n) is 13.3. The number of carbonyl (C=O) groups is 5. The molecule has 3 aromatic rings. The Labute approximate surface area is 296 Å². The van der Waals surface area contributed by atoms with Crippen LogP contribution in [0.5, 0.6) is 0 Å². The molecule has 0 bridgehead atoms. The molecule has 0 radical (unpaired) electrons. The molecule has 0 aliphatic carbocycles. The zero-order valence-corrected chi connectivity index (χ0v) is 30.0. The molecule has 5 amide bonds. The second kappa shape index (κ2) is 17.5. The summed E-state index contributed by atoms with van der Waals surface area (Å²) in [6, 6.07) is 6.64. The van der Waals surface area contributed by atoms with Crippen LogP contribution in [0.15, 0.2) is 35.1 Å². The van der Waals surface area contributed by atoms with Crippen molar-refractivity contribution in [1.29, 1.82) is 0 Å². The van der Waals surface area contributed by atoms with Gasteiger partial charge in [0.15, 0.2) is 5.82 Å². The zero-order chi connectivity index (χ0) is 37.2. The Kier molecular flexibility index (Phi) is 13.2. The van der Waals surface area contributed by atoms with Gasteiger partial charge in [0.2, 0.25) is 29.5 Å². The van der Waals surface area contributed by atoms with Gasteiger partial charge in [-0.25, -0.2) is 14.5 Å². The third-order valence-corrected chi connectivity index (χ3v) is 8.54. The van der Waals surface area contributed by atoms with Crippen molar-refractivity contribution in [3.8, 4) is 11.4 Å². The first-order valence-corrected chi connectivity index (χ1v) is 17.2. The summed E-state index contributed by atoms with van der Waals surface area (Å²) in [5.74, 6) is -1.49. The molecule has 16 nitrogen and oxygen atoms in total. The Morgan fingerprint density at radius 3 is 2.31 bits per heavy atom. The highest BCUT2D eigenvalue weighted by Crippen LogP contribution is 2.20. The van der Waals surface area contributed by atoms with Crippen LogP contribution in [0.2, 0.25) is 0 Å². The van der Waals surface area contributed by atoms with Crippen molar-refractivity contribution in [3.05, 3.63) is 63.6 Å². The lowest BCUT2D eigenvalue weighted by Crippen LogP contribution is -2.54. The van der Waals surface area contributed by atoms with Gasteiger partial charge in [-0.3, -0.25) is 24.0 Å². The number of aromatic nitrogens is 5. The Balaban J connectivity index is 1.59. The average molecular weight is 705 g/mol. The van der Waals surface area contributed by atoms with Gasteiger partial charge in [-0.15, -0.1) is 0 Å². The summed E-state index contributed by atoms with van der Waals surface area (Å²) in [7, 11) is 0. The van der Waals surface area contributed by atoms with Crippen molar-refractivity contribution >= 4 is 29.5 Å². The number of rotatable bonds is 6. The predicted molar refractivity (Wildman–Crippen MR) is 188 cm³/mol. The van der Waals surface area contributed by atoms with Crippen molar-refractivity contribution in [3.63, 3.8) is 0 Å². The Morgan fingerprint density at radius 1 is 0.902 bits per heavy atom. The van der Waals surface area contributed by atoms with Crippen LogP contribution in [0.3, 0.4) is 0 Å². The molecular formula is C35H48N10O6. The highest BCUT2D eigenvalue weighted by molar-refractivity contribution is 5.93. The number of nitrogens with zero attached hydrogens (tertiary/aromatic N) is 5. The molecule has 5 N–H and O–H groups in total. The molecule has 0 saturated carbocycles. The first-order chi connectivity index (χ1) is 24.2. The summed E-state index contributed by atoms with van der Waals surface area (Å²) in [5.41, 5.74) is 2.13. The van der Waals surface area contributed by atoms with Gasteiger partial charge in [0.1, 0.15) is 24.5 Å². The van der Waals surface area contributed by atoms with Crippen molar-refractivity contribution in [1.82, 2.24) is 50.9 Å². The predicted octanol–water partition coefficient (Wildman–Crippen LogP) is 0.839. The highest BCUT2D eigenvalue weighted by Gasteiger charge is 2.29. The fraction of sp³-hybridized carbons (Fsp3) is 0.514. The molecule has 16 heteroatoms. The summed E-state index contributed by atoms with van der Waals surface area (Å²) < 4.78 is 1.45. The second-order valence-corrected chi connectivity index (χ2v) is 13.3. The molecule has 51 heavy (non-hydrogen) atoms. The molecule has 274 valence electrons.